The number of carbonyl (C=O) groups is 1. The number of rotatable bonds is 2. The molecule has 1 heterocycles. The molecule has 1 saturated heterocycles. The van der Waals surface area contributed by atoms with Gasteiger partial charge < -0.3 is 4.90 Å². The van der Waals surface area contributed by atoms with Crippen molar-refractivity contribution in [3.63, 3.8) is 0 Å². The van der Waals surface area contributed by atoms with E-state index in [1.54, 1.807) is 11.8 Å². The molecule has 1 aliphatic rings. The van der Waals surface area contributed by atoms with Crippen molar-refractivity contribution in [2.24, 2.45) is 0 Å². The molecule has 21 heavy (non-hydrogen) atoms. The normalized spacial score (nSPS) is 18.0. The predicted molar refractivity (Wildman–Crippen MR) is 96.8 cm³/mol. The van der Waals surface area contributed by atoms with Crippen LogP contribution in [-0.2, 0) is 0 Å². The Morgan fingerprint density at radius 1 is 1.24 bits per heavy atom. The van der Waals surface area contributed by atoms with Crippen LogP contribution in [0.2, 0.25) is 5.02 Å². The fraction of sp³-hybridized carbons (Fsp3) is 0.188. The first-order chi connectivity index (χ1) is 10.2. The molecule has 1 atom stereocenters. The van der Waals surface area contributed by atoms with Crippen molar-refractivity contribution in [3.8, 4) is 0 Å². The molecule has 108 valence electrons. The van der Waals surface area contributed by atoms with Crippen LogP contribution in [0.5, 0.6) is 0 Å². The van der Waals surface area contributed by atoms with Crippen LogP contribution < -0.4 is 0 Å². The van der Waals surface area contributed by atoms with E-state index in [0.29, 0.717) is 5.02 Å². The number of benzene rings is 2. The number of halogens is 2. The van der Waals surface area contributed by atoms with Crippen molar-refractivity contribution in [3.05, 3.63) is 68.3 Å². The lowest BCUT2D eigenvalue weighted by molar-refractivity contribution is 0.0759. The maximum Gasteiger partial charge on any atom is 0.256 e. The molecule has 0 N–H and O–H groups in total. The molecule has 1 amide bonds. The van der Waals surface area contributed by atoms with Crippen molar-refractivity contribution >= 4 is 51.9 Å². The average Bonchev–Trinajstić information content (AvgIpc) is 2.96. The third-order valence-corrected chi connectivity index (χ3v) is 5.83. The first-order valence-corrected chi connectivity index (χ1v) is 9.10. The van der Waals surface area contributed by atoms with E-state index < -0.39 is 0 Å². The summed E-state index contributed by atoms with van der Waals surface area (Å²) in [6.45, 7) is 0.769. The molecule has 0 aromatic heterocycles. The van der Waals surface area contributed by atoms with Gasteiger partial charge in [0.1, 0.15) is 5.37 Å². The van der Waals surface area contributed by atoms with Gasteiger partial charge in [0.05, 0.1) is 5.56 Å². The van der Waals surface area contributed by atoms with E-state index in [-0.39, 0.29) is 11.3 Å². The van der Waals surface area contributed by atoms with Crippen LogP contribution in [0.4, 0.5) is 0 Å². The average molecular weight is 430 g/mol. The second-order valence-corrected chi connectivity index (χ2v) is 7.54. The number of thioether (sulfide) groups is 1. The van der Waals surface area contributed by atoms with Crippen molar-refractivity contribution in [1.29, 1.82) is 0 Å². The molecule has 2 nitrogen and oxygen atoms in total. The molecule has 1 aliphatic heterocycles. The van der Waals surface area contributed by atoms with Gasteiger partial charge in [-0.15, -0.1) is 11.8 Å². The van der Waals surface area contributed by atoms with Crippen LogP contribution in [0, 0.1) is 3.57 Å². The Labute approximate surface area is 147 Å². The van der Waals surface area contributed by atoms with Gasteiger partial charge in [0.2, 0.25) is 0 Å². The molecule has 0 spiro atoms. The summed E-state index contributed by atoms with van der Waals surface area (Å²) in [5.74, 6) is 1.04. The number of hydrogen-bond donors (Lipinski definition) is 0. The molecule has 1 fully saturated rings. The summed E-state index contributed by atoms with van der Waals surface area (Å²) < 4.78 is 0.988. The first kappa shape index (κ1) is 15.2. The lowest BCUT2D eigenvalue weighted by Gasteiger charge is -2.24. The Morgan fingerprint density at radius 3 is 2.81 bits per heavy atom. The van der Waals surface area contributed by atoms with E-state index in [1.165, 1.54) is 0 Å². The number of carbonyl (C=O) groups excluding carboxylic acids is 1. The summed E-state index contributed by atoms with van der Waals surface area (Å²) in [6.07, 6.45) is 0. The third kappa shape index (κ3) is 3.22. The molecular formula is C16H13ClINOS. The monoisotopic (exact) mass is 429 g/mol. The zero-order chi connectivity index (χ0) is 14.8. The van der Waals surface area contributed by atoms with Crippen molar-refractivity contribution in [2.45, 2.75) is 5.37 Å². The van der Waals surface area contributed by atoms with Crippen LogP contribution in [0.3, 0.4) is 0 Å². The molecule has 0 aliphatic carbocycles. The molecule has 0 bridgehead atoms. The molecule has 5 heteroatoms. The third-order valence-electron chi connectivity index (χ3n) is 3.39. The van der Waals surface area contributed by atoms with Gasteiger partial charge in [-0.1, -0.05) is 35.9 Å². The van der Waals surface area contributed by atoms with Gasteiger partial charge in [0, 0.05) is 20.9 Å². The van der Waals surface area contributed by atoms with Gasteiger partial charge in [-0.2, -0.15) is 0 Å². The number of nitrogens with zero attached hydrogens (tertiary/aromatic N) is 1. The smallest absolute Gasteiger partial charge is 0.256 e. The van der Waals surface area contributed by atoms with E-state index >= 15 is 0 Å². The van der Waals surface area contributed by atoms with E-state index in [4.69, 9.17) is 11.6 Å². The van der Waals surface area contributed by atoms with E-state index in [9.17, 15) is 4.79 Å². The minimum Gasteiger partial charge on any atom is -0.322 e. The Morgan fingerprint density at radius 2 is 2.05 bits per heavy atom. The predicted octanol–water partition coefficient (Wildman–Crippen LogP) is 4.83. The summed E-state index contributed by atoms with van der Waals surface area (Å²) in [6, 6.07) is 15.5. The fourth-order valence-electron chi connectivity index (χ4n) is 2.40. The quantitative estimate of drug-likeness (QED) is 0.637. The van der Waals surface area contributed by atoms with Gasteiger partial charge in [0.25, 0.3) is 5.91 Å². The van der Waals surface area contributed by atoms with Gasteiger partial charge in [-0.05, 0) is 52.4 Å². The summed E-state index contributed by atoms with van der Waals surface area (Å²) in [5.41, 5.74) is 1.86. The van der Waals surface area contributed by atoms with E-state index in [0.717, 1.165) is 27.0 Å². The molecule has 0 saturated carbocycles. The van der Waals surface area contributed by atoms with Gasteiger partial charge in [-0.25, -0.2) is 0 Å². The highest BCUT2D eigenvalue weighted by Gasteiger charge is 2.31. The maximum absolute atomic E-state index is 12.8. The Balaban J connectivity index is 1.91. The van der Waals surface area contributed by atoms with Crippen LogP contribution in [-0.4, -0.2) is 23.1 Å². The molecule has 0 radical (unpaired) electrons. The molecule has 3 rings (SSSR count). The Kier molecular flexibility index (Phi) is 4.76. The topological polar surface area (TPSA) is 20.3 Å². The van der Waals surface area contributed by atoms with Crippen molar-refractivity contribution in [1.82, 2.24) is 4.90 Å². The zero-order valence-electron chi connectivity index (χ0n) is 11.1. The van der Waals surface area contributed by atoms with Crippen LogP contribution in [0.25, 0.3) is 0 Å². The van der Waals surface area contributed by atoms with Crippen molar-refractivity contribution in [2.75, 3.05) is 12.3 Å². The van der Waals surface area contributed by atoms with Gasteiger partial charge in [0.15, 0.2) is 0 Å². The van der Waals surface area contributed by atoms with Crippen molar-refractivity contribution < 1.29 is 4.79 Å². The van der Waals surface area contributed by atoms with Crippen LogP contribution in [0.1, 0.15) is 21.3 Å². The second kappa shape index (κ2) is 6.58. The van der Waals surface area contributed by atoms with E-state index in [2.05, 4.69) is 22.6 Å². The van der Waals surface area contributed by atoms with Crippen LogP contribution >= 0.6 is 46.0 Å². The van der Waals surface area contributed by atoms with Crippen LogP contribution in [0.15, 0.2) is 48.5 Å². The fourth-order valence-corrected chi connectivity index (χ4v) is 4.47. The Hall–Kier alpha value is -0.720. The zero-order valence-corrected chi connectivity index (χ0v) is 14.9. The lowest BCUT2D eigenvalue weighted by Crippen LogP contribution is -2.30. The SMILES string of the molecule is O=C(c1ccccc1I)N1CCSC1c1cccc(Cl)c1. The highest BCUT2D eigenvalue weighted by atomic mass is 127. The molecule has 1 unspecified atom stereocenters. The number of amides is 1. The highest BCUT2D eigenvalue weighted by Crippen LogP contribution is 2.39. The lowest BCUT2D eigenvalue weighted by atomic mass is 10.1. The highest BCUT2D eigenvalue weighted by molar-refractivity contribution is 14.1. The largest absolute Gasteiger partial charge is 0.322 e. The minimum atomic E-state index is 0.0483. The summed E-state index contributed by atoms with van der Waals surface area (Å²) in [7, 11) is 0. The van der Waals surface area contributed by atoms with Gasteiger partial charge >= 0.3 is 0 Å². The standard InChI is InChI=1S/C16H13ClINOS/c17-12-5-3-4-11(10-12)16-19(8-9-21-16)15(20)13-6-1-2-7-14(13)18/h1-7,10,16H,8-9H2. The first-order valence-electron chi connectivity index (χ1n) is 6.59. The Bertz CT molecular complexity index is 679. The summed E-state index contributed by atoms with van der Waals surface area (Å²) in [4.78, 5) is 14.7. The summed E-state index contributed by atoms with van der Waals surface area (Å²) in [5, 5.41) is 0.758. The molecule has 2 aromatic rings. The van der Waals surface area contributed by atoms with Gasteiger partial charge in [-0.3, -0.25) is 4.79 Å². The number of hydrogen-bond acceptors (Lipinski definition) is 2. The maximum atomic E-state index is 12.8. The van der Waals surface area contributed by atoms with E-state index in [1.807, 2.05) is 53.4 Å². The molecular weight excluding hydrogens is 417 g/mol. The minimum absolute atomic E-state index is 0.0483. The molecule has 2 aromatic carbocycles. The summed E-state index contributed by atoms with van der Waals surface area (Å²) >= 11 is 10.1. The second-order valence-electron chi connectivity index (χ2n) is 4.76.